The number of hydrogen-bond acceptors (Lipinski definition) is 4. The summed E-state index contributed by atoms with van der Waals surface area (Å²) in [6.45, 7) is 3.63. The van der Waals surface area contributed by atoms with E-state index in [1.54, 1.807) is 0 Å². The molecule has 0 spiro atoms. The number of nitro groups is 1. The SMILES string of the molecule is CC(C)[C@@H](CO)NC(=O)c1ccc([N+](=O)[O-])cc1. The van der Waals surface area contributed by atoms with Crippen LogP contribution >= 0.6 is 0 Å². The van der Waals surface area contributed by atoms with E-state index in [0.29, 0.717) is 5.56 Å². The van der Waals surface area contributed by atoms with Crippen LogP contribution < -0.4 is 5.32 Å². The van der Waals surface area contributed by atoms with Gasteiger partial charge in [0.1, 0.15) is 0 Å². The third kappa shape index (κ3) is 3.53. The Morgan fingerprint density at radius 3 is 2.33 bits per heavy atom. The lowest BCUT2D eigenvalue weighted by molar-refractivity contribution is -0.384. The fourth-order valence-electron chi connectivity index (χ4n) is 1.41. The molecule has 0 aliphatic heterocycles. The average Bonchev–Trinajstić information content (AvgIpc) is 2.35. The molecule has 1 atom stereocenters. The van der Waals surface area contributed by atoms with E-state index in [1.165, 1.54) is 24.3 Å². The molecule has 18 heavy (non-hydrogen) atoms. The van der Waals surface area contributed by atoms with E-state index in [1.807, 2.05) is 13.8 Å². The summed E-state index contributed by atoms with van der Waals surface area (Å²) < 4.78 is 0. The number of carbonyl (C=O) groups is 1. The quantitative estimate of drug-likeness (QED) is 0.611. The minimum Gasteiger partial charge on any atom is -0.394 e. The number of rotatable bonds is 5. The monoisotopic (exact) mass is 252 g/mol. The molecule has 1 aromatic rings. The number of aliphatic hydroxyl groups excluding tert-OH is 1. The standard InChI is InChI=1S/C12H16N2O4/c1-8(2)11(7-15)13-12(16)9-3-5-10(6-4-9)14(17)18/h3-6,8,11,15H,7H2,1-2H3,(H,13,16)/t11-/m1/s1. The van der Waals surface area contributed by atoms with E-state index >= 15 is 0 Å². The highest BCUT2D eigenvalue weighted by atomic mass is 16.6. The summed E-state index contributed by atoms with van der Waals surface area (Å²) >= 11 is 0. The van der Waals surface area contributed by atoms with E-state index in [4.69, 9.17) is 5.11 Å². The Morgan fingerprint density at radius 1 is 1.39 bits per heavy atom. The number of hydrogen-bond donors (Lipinski definition) is 2. The zero-order chi connectivity index (χ0) is 13.7. The Labute approximate surface area is 105 Å². The Morgan fingerprint density at radius 2 is 1.94 bits per heavy atom. The third-order valence-electron chi connectivity index (χ3n) is 2.66. The van der Waals surface area contributed by atoms with Gasteiger partial charge in [-0.15, -0.1) is 0 Å². The largest absolute Gasteiger partial charge is 0.394 e. The van der Waals surface area contributed by atoms with E-state index < -0.39 is 4.92 Å². The molecule has 6 heteroatoms. The van der Waals surface area contributed by atoms with Crippen molar-refractivity contribution in [1.29, 1.82) is 0 Å². The van der Waals surface area contributed by atoms with Crippen LogP contribution in [0, 0.1) is 16.0 Å². The van der Waals surface area contributed by atoms with Gasteiger partial charge in [0.15, 0.2) is 0 Å². The smallest absolute Gasteiger partial charge is 0.269 e. The fourth-order valence-corrected chi connectivity index (χ4v) is 1.41. The molecule has 98 valence electrons. The first kappa shape index (κ1) is 14.1. The zero-order valence-corrected chi connectivity index (χ0v) is 10.3. The lowest BCUT2D eigenvalue weighted by Gasteiger charge is -2.19. The number of nitrogens with one attached hydrogen (secondary N) is 1. The Hall–Kier alpha value is -1.95. The number of benzene rings is 1. The molecule has 0 heterocycles. The topological polar surface area (TPSA) is 92.5 Å². The Bertz CT molecular complexity index is 428. The van der Waals surface area contributed by atoms with Crippen molar-refractivity contribution < 1.29 is 14.8 Å². The van der Waals surface area contributed by atoms with Crippen LogP contribution in [0.3, 0.4) is 0 Å². The predicted octanol–water partition coefficient (Wildman–Crippen LogP) is 1.34. The fraction of sp³-hybridized carbons (Fsp3) is 0.417. The Balaban J connectivity index is 2.75. The minimum absolute atomic E-state index is 0.0610. The lowest BCUT2D eigenvalue weighted by atomic mass is 10.0. The molecule has 0 unspecified atom stereocenters. The number of nitro benzene ring substituents is 1. The summed E-state index contributed by atoms with van der Waals surface area (Å²) in [5.41, 5.74) is 0.272. The van der Waals surface area contributed by atoms with Gasteiger partial charge in [-0.05, 0) is 18.1 Å². The molecule has 0 fully saturated rings. The zero-order valence-electron chi connectivity index (χ0n) is 10.3. The maximum Gasteiger partial charge on any atom is 0.269 e. The van der Waals surface area contributed by atoms with Gasteiger partial charge in [0.25, 0.3) is 11.6 Å². The Kier molecular flexibility index (Phi) is 4.79. The van der Waals surface area contributed by atoms with Gasteiger partial charge in [-0.1, -0.05) is 13.8 Å². The van der Waals surface area contributed by atoms with Crippen molar-refractivity contribution in [2.45, 2.75) is 19.9 Å². The molecule has 6 nitrogen and oxygen atoms in total. The number of non-ortho nitro benzene ring substituents is 1. The summed E-state index contributed by atoms with van der Waals surface area (Å²) in [7, 11) is 0. The van der Waals surface area contributed by atoms with E-state index in [2.05, 4.69) is 5.32 Å². The highest BCUT2D eigenvalue weighted by Gasteiger charge is 2.16. The first-order valence-corrected chi connectivity index (χ1v) is 5.62. The van der Waals surface area contributed by atoms with Gasteiger partial charge >= 0.3 is 0 Å². The van der Waals surface area contributed by atoms with E-state index in [0.717, 1.165) is 0 Å². The van der Waals surface area contributed by atoms with Crippen LogP contribution in [0.25, 0.3) is 0 Å². The summed E-state index contributed by atoms with van der Waals surface area (Å²) in [5, 5.41) is 22.2. The van der Waals surface area contributed by atoms with Crippen LogP contribution in [-0.2, 0) is 0 Å². The van der Waals surface area contributed by atoms with Crippen molar-refractivity contribution in [3.8, 4) is 0 Å². The molecular weight excluding hydrogens is 236 g/mol. The molecule has 0 bridgehead atoms. The maximum atomic E-state index is 11.8. The van der Waals surface area contributed by atoms with Crippen LogP contribution in [0.15, 0.2) is 24.3 Å². The van der Waals surface area contributed by atoms with Gasteiger partial charge in [-0.25, -0.2) is 0 Å². The van der Waals surface area contributed by atoms with Gasteiger partial charge in [0.2, 0.25) is 0 Å². The highest BCUT2D eigenvalue weighted by Crippen LogP contribution is 2.12. The first-order chi connectivity index (χ1) is 8.45. The maximum absolute atomic E-state index is 11.8. The van der Waals surface area contributed by atoms with E-state index in [9.17, 15) is 14.9 Å². The van der Waals surface area contributed by atoms with Crippen LogP contribution in [0.5, 0.6) is 0 Å². The molecule has 0 saturated heterocycles. The molecule has 0 aliphatic carbocycles. The number of aliphatic hydroxyl groups is 1. The van der Waals surface area contributed by atoms with Gasteiger partial charge in [0, 0.05) is 17.7 Å². The molecule has 0 saturated carbocycles. The molecule has 2 N–H and O–H groups in total. The molecule has 0 radical (unpaired) electrons. The normalized spacial score (nSPS) is 12.2. The molecule has 1 amide bonds. The lowest BCUT2D eigenvalue weighted by Crippen LogP contribution is -2.41. The van der Waals surface area contributed by atoms with Gasteiger partial charge in [0.05, 0.1) is 17.6 Å². The van der Waals surface area contributed by atoms with Gasteiger partial charge in [-0.2, -0.15) is 0 Å². The molecule has 1 rings (SSSR count). The van der Waals surface area contributed by atoms with Crippen molar-refractivity contribution >= 4 is 11.6 Å². The number of carbonyl (C=O) groups excluding carboxylic acids is 1. The second kappa shape index (κ2) is 6.11. The number of nitrogens with zero attached hydrogens (tertiary/aromatic N) is 1. The van der Waals surface area contributed by atoms with Gasteiger partial charge in [-0.3, -0.25) is 14.9 Å². The summed E-state index contributed by atoms with van der Waals surface area (Å²) in [5.74, 6) is -0.241. The van der Waals surface area contributed by atoms with E-state index in [-0.39, 0.29) is 30.2 Å². The summed E-state index contributed by atoms with van der Waals surface area (Å²) in [6.07, 6.45) is 0. The first-order valence-electron chi connectivity index (χ1n) is 5.62. The molecule has 1 aromatic carbocycles. The van der Waals surface area contributed by atoms with Crippen LogP contribution in [0.2, 0.25) is 0 Å². The summed E-state index contributed by atoms with van der Waals surface area (Å²) in [6, 6.07) is 5.01. The second-order valence-electron chi connectivity index (χ2n) is 4.31. The van der Waals surface area contributed by atoms with Gasteiger partial charge < -0.3 is 10.4 Å². The minimum atomic E-state index is -0.521. The van der Waals surface area contributed by atoms with Crippen LogP contribution in [-0.4, -0.2) is 28.6 Å². The predicted molar refractivity (Wildman–Crippen MR) is 66.3 cm³/mol. The van der Waals surface area contributed by atoms with Crippen molar-refractivity contribution in [3.05, 3.63) is 39.9 Å². The van der Waals surface area contributed by atoms with Crippen molar-refractivity contribution in [2.24, 2.45) is 5.92 Å². The molecule has 0 aromatic heterocycles. The number of amides is 1. The third-order valence-corrected chi connectivity index (χ3v) is 2.66. The second-order valence-corrected chi connectivity index (χ2v) is 4.31. The van der Waals surface area contributed by atoms with Crippen LogP contribution in [0.1, 0.15) is 24.2 Å². The highest BCUT2D eigenvalue weighted by molar-refractivity contribution is 5.94. The summed E-state index contributed by atoms with van der Waals surface area (Å²) in [4.78, 5) is 21.8. The van der Waals surface area contributed by atoms with Crippen molar-refractivity contribution in [1.82, 2.24) is 5.32 Å². The van der Waals surface area contributed by atoms with Crippen molar-refractivity contribution in [3.63, 3.8) is 0 Å². The molecular formula is C12H16N2O4. The molecule has 0 aliphatic rings. The van der Waals surface area contributed by atoms with Crippen LogP contribution in [0.4, 0.5) is 5.69 Å². The average molecular weight is 252 g/mol. The van der Waals surface area contributed by atoms with Crippen molar-refractivity contribution in [2.75, 3.05) is 6.61 Å².